The number of para-hydroxylation sites is 1. The van der Waals surface area contributed by atoms with Crippen LogP contribution in [0.5, 0.6) is 0 Å². The third-order valence-corrected chi connectivity index (χ3v) is 4.57. The summed E-state index contributed by atoms with van der Waals surface area (Å²) < 4.78 is 23.5. The summed E-state index contributed by atoms with van der Waals surface area (Å²) in [4.78, 5) is 0.337. The van der Waals surface area contributed by atoms with Crippen LogP contribution in [0.3, 0.4) is 0 Å². The molecule has 0 saturated heterocycles. The van der Waals surface area contributed by atoms with Gasteiger partial charge in [0.05, 0.1) is 10.6 Å². The molecule has 0 radical (unpaired) electrons. The highest BCUT2D eigenvalue weighted by Gasteiger charge is 2.11. The lowest BCUT2D eigenvalue weighted by molar-refractivity contribution is 0.602. The van der Waals surface area contributed by atoms with Gasteiger partial charge in [-0.15, -0.1) is 0 Å². The van der Waals surface area contributed by atoms with Crippen molar-refractivity contribution in [1.82, 2.24) is 0 Å². The Morgan fingerprint density at radius 1 is 1.00 bits per heavy atom. The second-order valence-electron chi connectivity index (χ2n) is 5.52. The Morgan fingerprint density at radius 3 is 2.19 bits per heavy atom. The first kappa shape index (κ1) is 15.6. The average molecular weight is 303 g/mol. The van der Waals surface area contributed by atoms with Crippen LogP contribution in [-0.4, -0.2) is 14.7 Å². The molecule has 0 unspecified atom stereocenters. The van der Waals surface area contributed by atoms with Crippen LogP contribution < -0.4 is 5.32 Å². The zero-order valence-electron chi connectivity index (χ0n) is 12.6. The summed E-state index contributed by atoms with van der Waals surface area (Å²) in [5.41, 5.74) is 3.07. The number of rotatable bonds is 5. The molecule has 0 aliphatic rings. The van der Waals surface area contributed by atoms with E-state index in [2.05, 4.69) is 43.4 Å². The van der Waals surface area contributed by atoms with Gasteiger partial charge in [0.1, 0.15) is 0 Å². The third-order valence-electron chi connectivity index (χ3n) is 3.42. The van der Waals surface area contributed by atoms with Crippen LogP contribution in [0.25, 0.3) is 0 Å². The molecule has 2 rings (SSSR count). The molecule has 0 bridgehead atoms. The van der Waals surface area contributed by atoms with Crippen molar-refractivity contribution in [3.05, 3.63) is 59.7 Å². The van der Waals surface area contributed by atoms with Gasteiger partial charge in [-0.25, -0.2) is 8.42 Å². The highest BCUT2D eigenvalue weighted by Crippen LogP contribution is 2.21. The zero-order valence-corrected chi connectivity index (χ0v) is 13.4. The first-order valence-corrected chi connectivity index (χ1v) is 8.89. The minimum absolute atomic E-state index is 0.337. The lowest BCUT2D eigenvalue weighted by atomic mass is 10.0. The van der Waals surface area contributed by atoms with Gasteiger partial charge in [-0.1, -0.05) is 50.2 Å². The fraction of sp³-hybridized carbons (Fsp3) is 0.294. The molecule has 1 N–H and O–H groups in total. The van der Waals surface area contributed by atoms with Crippen LogP contribution in [0.4, 0.5) is 5.69 Å². The van der Waals surface area contributed by atoms with Gasteiger partial charge in [0.25, 0.3) is 0 Å². The monoisotopic (exact) mass is 303 g/mol. The summed E-state index contributed by atoms with van der Waals surface area (Å²) in [5.74, 6) is 0.512. The second kappa shape index (κ2) is 6.31. The van der Waals surface area contributed by atoms with E-state index in [0.29, 0.717) is 23.0 Å². The largest absolute Gasteiger partial charge is 0.380 e. The van der Waals surface area contributed by atoms with Crippen LogP contribution in [0.15, 0.2) is 53.4 Å². The van der Waals surface area contributed by atoms with E-state index in [0.717, 1.165) is 5.56 Å². The number of sulfone groups is 1. The number of anilines is 1. The predicted octanol–water partition coefficient (Wildman–Crippen LogP) is 3.83. The molecule has 2 aromatic rings. The number of benzene rings is 2. The van der Waals surface area contributed by atoms with E-state index < -0.39 is 9.84 Å². The van der Waals surface area contributed by atoms with E-state index in [-0.39, 0.29) is 0 Å². The van der Waals surface area contributed by atoms with E-state index in [1.807, 2.05) is 6.07 Å². The molecule has 0 saturated carbocycles. The lowest BCUT2D eigenvalue weighted by Gasteiger charge is -2.12. The van der Waals surface area contributed by atoms with Crippen LogP contribution in [-0.2, 0) is 16.4 Å². The standard InChI is InChI=1S/C17H21NO2S/c1-13(2)15-10-8-14(9-11-15)12-18-16-6-4-5-7-17(16)21(3,19)20/h4-11,13,18H,12H2,1-3H3. The van der Waals surface area contributed by atoms with Crippen LogP contribution in [0.1, 0.15) is 30.9 Å². The van der Waals surface area contributed by atoms with E-state index in [9.17, 15) is 8.42 Å². The molecular weight excluding hydrogens is 282 g/mol. The molecule has 112 valence electrons. The van der Waals surface area contributed by atoms with Gasteiger partial charge < -0.3 is 5.32 Å². The molecule has 0 heterocycles. The molecule has 3 nitrogen and oxygen atoms in total. The van der Waals surface area contributed by atoms with Crippen molar-refractivity contribution in [3.8, 4) is 0 Å². The maximum atomic E-state index is 11.7. The molecule has 0 fully saturated rings. The topological polar surface area (TPSA) is 46.2 Å². The molecule has 21 heavy (non-hydrogen) atoms. The minimum atomic E-state index is -3.22. The third kappa shape index (κ3) is 4.08. The SMILES string of the molecule is CC(C)c1ccc(CNc2ccccc2S(C)(=O)=O)cc1. The maximum absolute atomic E-state index is 11.7. The predicted molar refractivity (Wildman–Crippen MR) is 87.4 cm³/mol. The van der Waals surface area contributed by atoms with Gasteiger partial charge >= 0.3 is 0 Å². The maximum Gasteiger partial charge on any atom is 0.177 e. The summed E-state index contributed by atoms with van der Waals surface area (Å²) in [5, 5.41) is 3.21. The molecule has 0 amide bonds. The van der Waals surface area contributed by atoms with Crippen LogP contribution in [0, 0.1) is 0 Å². The summed E-state index contributed by atoms with van der Waals surface area (Å²) in [6.45, 7) is 4.93. The van der Waals surface area contributed by atoms with Crippen molar-refractivity contribution < 1.29 is 8.42 Å². The first-order valence-electron chi connectivity index (χ1n) is 6.99. The second-order valence-corrected chi connectivity index (χ2v) is 7.50. The Morgan fingerprint density at radius 2 is 1.62 bits per heavy atom. The highest BCUT2D eigenvalue weighted by atomic mass is 32.2. The van der Waals surface area contributed by atoms with Gasteiger partial charge in [-0.05, 0) is 29.2 Å². The molecule has 0 aliphatic carbocycles. The molecule has 0 atom stereocenters. The Balaban J connectivity index is 2.14. The summed E-state index contributed by atoms with van der Waals surface area (Å²) in [6.07, 6.45) is 1.23. The smallest absolute Gasteiger partial charge is 0.177 e. The summed E-state index contributed by atoms with van der Waals surface area (Å²) >= 11 is 0. The van der Waals surface area contributed by atoms with Crippen molar-refractivity contribution in [2.45, 2.75) is 31.2 Å². The van der Waals surface area contributed by atoms with Gasteiger partial charge in [0, 0.05) is 12.8 Å². The number of nitrogens with one attached hydrogen (secondary N) is 1. The van der Waals surface area contributed by atoms with Gasteiger partial charge in [0.2, 0.25) is 0 Å². The Bertz CT molecular complexity index is 704. The number of hydrogen-bond acceptors (Lipinski definition) is 3. The average Bonchev–Trinajstić information content (AvgIpc) is 2.45. The molecular formula is C17H21NO2S. The quantitative estimate of drug-likeness (QED) is 0.913. The van der Waals surface area contributed by atoms with Crippen molar-refractivity contribution in [2.24, 2.45) is 0 Å². The molecule has 2 aromatic carbocycles. The normalized spacial score (nSPS) is 11.6. The zero-order chi connectivity index (χ0) is 15.5. The molecule has 0 aliphatic heterocycles. The Kier molecular flexibility index (Phi) is 4.68. The first-order chi connectivity index (χ1) is 9.88. The lowest BCUT2D eigenvalue weighted by Crippen LogP contribution is -2.06. The Labute approximate surface area is 126 Å². The van der Waals surface area contributed by atoms with Crippen molar-refractivity contribution >= 4 is 15.5 Å². The van der Waals surface area contributed by atoms with Crippen LogP contribution in [0.2, 0.25) is 0 Å². The van der Waals surface area contributed by atoms with Gasteiger partial charge in [0.15, 0.2) is 9.84 Å². The molecule has 0 aromatic heterocycles. The van der Waals surface area contributed by atoms with E-state index >= 15 is 0 Å². The highest BCUT2D eigenvalue weighted by molar-refractivity contribution is 7.90. The van der Waals surface area contributed by atoms with Crippen LogP contribution >= 0.6 is 0 Å². The van der Waals surface area contributed by atoms with Gasteiger partial charge in [-0.3, -0.25) is 0 Å². The molecule has 4 heteroatoms. The van der Waals surface area contributed by atoms with E-state index in [1.54, 1.807) is 18.2 Å². The fourth-order valence-corrected chi connectivity index (χ4v) is 3.02. The van der Waals surface area contributed by atoms with Crippen molar-refractivity contribution in [3.63, 3.8) is 0 Å². The molecule has 0 spiro atoms. The van der Waals surface area contributed by atoms with E-state index in [4.69, 9.17) is 0 Å². The van der Waals surface area contributed by atoms with E-state index in [1.165, 1.54) is 11.8 Å². The summed E-state index contributed by atoms with van der Waals surface area (Å²) in [7, 11) is -3.22. The summed E-state index contributed by atoms with van der Waals surface area (Å²) in [6, 6.07) is 15.4. The van der Waals surface area contributed by atoms with Crippen molar-refractivity contribution in [2.75, 3.05) is 11.6 Å². The van der Waals surface area contributed by atoms with Crippen molar-refractivity contribution in [1.29, 1.82) is 0 Å². The number of hydrogen-bond donors (Lipinski definition) is 1. The Hall–Kier alpha value is -1.81. The fourth-order valence-electron chi connectivity index (χ4n) is 2.15. The van der Waals surface area contributed by atoms with Gasteiger partial charge in [-0.2, -0.15) is 0 Å². The minimum Gasteiger partial charge on any atom is -0.380 e.